The molecule has 0 radical (unpaired) electrons. The van der Waals surface area contributed by atoms with Gasteiger partial charge in [-0.1, -0.05) is 181 Å². The van der Waals surface area contributed by atoms with Crippen molar-refractivity contribution in [3.63, 3.8) is 0 Å². The van der Waals surface area contributed by atoms with E-state index in [0.717, 1.165) is 51.4 Å². The van der Waals surface area contributed by atoms with Crippen LogP contribution >= 0.6 is 0 Å². The fourth-order valence-electron chi connectivity index (χ4n) is 5.81. The molecule has 0 heterocycles. The molecule has 0 saturated heterocycles. The number of carbonyl (C=O) groups excluding carboxylic acids is 1. The van der Waals surface area contributed by atoms with Crippen molar-refractivity contribution >= 4 is 5.91 Å². The van der Waals surface area contributed by atoms with E-state index in [1.807, 2.05) is 0 Å². The molecule has 0 saturated carbocycles. The Bertz CT molecular complexity index is 561. The maximum absolute atomic E-state index is 12.3. The van der Waals surface area contributed by atoms with Gasteiger partial charge >= 0.3 is 0 Å². The van der Waals surface area contributed by atoms with E-state index >= 15 is 0 Å². The second-order valence-electron chi connectivity index (χ2n) is 12.9. The van der Waals surface area contributed by atoms with Crippen LogP contribution in [0.15, 0.2) is 0 Å². The lowest BCUT2D eigenvalue weighted by atomic mass is 9.99. The van der Waals surface area contributed by atoms with Gasteiger partial charge in [0.05, 0.1) is 18.8 Å². The summed E-state index contributed by atoms with van der Waals surface area (Å²) in [6.07, 6.45) is 30.3. The van der Waals surface area contributed by atoms with Gasteiger partial charge in [0.25, 0.3) is 0 Å². The van der Waals surface area contributed by atoms with E-state index in [1.54, 1.807) is 0 Å². The van der Waals surface area contributed by atoms with Crippen molar-refractivity contribution in [3.8, 4) is 0 Å². The second-order valence-corrected chi connectivity index (χ2v) is 12.9. The van der Waals surface area contributed by atoms with E-state index in [0.29, 0.717) is 12.8 Å². The lowest BCUT2D eigenvalue weighted by Crippen LogP contribution is -2.53. The lowest BCUT2D eigenvalue weighted by Gasteiger charge is -2.27. The quantitative estimate of drug-likeness (QED) is 0.0486. The molecule has 0 aromatic carbocycles. The van der Waals surface area contributed by atoms with Gasteiger partial charge in [-0.05, 0) is 12.8 Å². The van der Waals surface area contributed by atoms with Crippen LogP contribution in [-0.2, 0) is 4.79 Å². The number of nitrogens with one attached hydrogen (secondary N) is 1. The molecule has 4 atom stereocenters. The second kappa shape index (κ2) is 31.7. The molecule has 0 aliphatic heterocycles. The predicted molar refractivity (Wildman–Crippen MR) is 178 cm³/mol. The number of carbonyl (C=O) groups is 1. The largest absolute Gasteiger partial charge is 0.394 e. The van der Waals surface area contributed by atoms with E-state index in [4.69, 9.17) is 0 Å². The number of hydrogen-bond donors (Lipinski definition) is 5. The van der Waals surface area contributed by atoms with Crippen LogP contribution in [-0.4, -0.2) is 57.3 Å². The first-order valence-corrected chi connectivity index (χ1v) is 18.4. The van der Waals surface area contributed by atoms with Gasteiger partial charge in [-0.25, -0.2) is 0 Å². The minimum absolute atomic E-state index is 0.374. The van der Waals surface area contributed by atoms with Crippen LogP contribution < -0.4 is 5.32 Å². The van der Waals surface area contributed by atoms with Crippen LogP contribution in [0.3, 0.4) is 0 Å². The van der Waals surface area contributed by atoms with Gasteiger partial charge in [0, 0.05) is 0 Å². The zero-order valence-electron chi connectivity index (χ0n) is 28.0. The smallest absolute Gasteiger partial charge is 0.249 e. The van der Waals surface area contributed by atoms with Gasteiger partial charge in [0.1, 0.15) is 12.2 Å². The molecule has 0 bridgehead atoms. The molecule has 4 unspecified atom stereocenters. The normalized spacial score (nSPS) is 14.5. The van der Waals surface area contributed by atoms with Crippen molar-refractivity contribution in [2.75, 3.05) is 6.61 Å². The number of rotatable bonds is 33. The molecule has 1 amide bonds. The molecule has 0 aliphatic rings. The number of amides is 1. The van der Waals surface area contributed by atoms with Gasteiger partial charge in [-0.2, -0.15) is 0 Å². The summed E-state index contributed by atoms with van der Waals surface area (Å²) in [4.78, 5) is 12.3. The molecular weight excluding hydrogens is 526 g/mol. The summed E-state index contributed by atoms with van der Waals surface area (Å²) >= 11 is 0. The van der Waals surface area contributed by atoms with Crippen LogP contribution in [0.25, 0.3) is 0 Å². The fourth-order valence-corrected chi connectivity index (χ4v) is 5.81. The monoisotopic (exact) mass is 600 g/mol. The standard InChI is InChI=1S/C36H73NO5/c1-3-5-7-9-10-11-12-13-14-15-16-17-18-19-20-21-22-23-24-26-28-30-34(40)36(42)37-32(31-38)35(41)33(39)29-27-25-8-6-4-2/h32-35,38-41H,3-31H2,1-2H3,(H,37,42). The highest BCUT2D eigenvalue weighted by Crippen LogP contribution is 2.16. The summed E-state index contributed by atoms with van der Waals surface area (Å²) in [7, 11) is 0. The molecule has 42 heavy (non-hydrogen) atoms. The summed E-state index contributed by atoms with van der Waals surface area (Å²) in [6, 6.07) is -0.975. The number of aliphatic hydroxyl groups is 4. The van der Waals surface area contributed by atoms with E-state index in [2.05, 4.69) is 19.2 Å². The number of aliphatic hydroxyl groups excluding tert-OH is 4. The first kappa shape index (κ1) is 41.3. The Balaban J connectivity index is 3.60. The highest BCUT2D eigenvalue weighted by Gasteiger charge is 2.28. The molecule has 6 nitrogen and oxygen atoms in total. The van der Waals surface area contributed by atoms with Crippen molar-refractivity contribution in [2.24, 2.45) is 0 Å². The highest BCUT2D eigenvalue weighted by molar-refractivity contribution is 5.80. The topological polar surface area (TPSA) is 110 Å². The molecule has 0 fully saturated rings. The zero-order chi connectivity index (χ0) is 31.1. The van der Waals surface area contributed by atoms with Crippen LogP contribution in [0.4, 0.5) is 0 Å². The number of unbranched alkanes of at least 4 members (excludes halogenated alkanes) is 24. The van der Waals surface area contributed by atoms with Crippen LogP contribution in [0.5, 0.6) is 0 Å². The van der Waals surface area contributed by atoms with E-state index in [1.165, 1.54) is 116 Å². The Morgan fingerprint density at radius 3 is 1.14 bits per heavy atom. The highest BCUT2D eigenvalue weighted by atomic mass is 16.3. The average molecular weight is 600 g/mol. The third-order valence-corrected chi connectivity index (χ3v) is 8.82. The van der Waals surface area contributed by atoms with Crippen LogP contribution in [0.2, 0.25) is 0 Å². The Kier molecular flexibility index (Phi) is 31.2. The molecule has 0 spiro atoms. The maximum atomic E-state index is 12.3. The van der Waals surface area contributed by atoms with Gasteiger partial charge < -0.3 is 25.7 Å². The van der Waals surface area contributed by atoms with Crippen LogP contribution in [0.1, 0.15) is 194 Å². The molecule has 0 aromatic heterocycles. The first-order valence-electron chi connectivity index (χ1n) is 18.4. The molecule has 252 valence electrons. The molecule has 0 rings (SSSR count). The molecule has 5 N–H and O–H groups in total. The first-order chi connectivity index (χ1) is 20.5. The van der Waals surface area contributed by atoms with E-state index < -0.39 is 36.9 Å². The Morgan fingerprint density at radius 2 is 0.810 bits per heavy atom. The van der Waals surface area contributed by atoms with Crippen molar-refractivity contribution in [1.82, 2.24) is 5.32 Å². The third kappa shape index (κ3) is 25.8. The summed E-state index contributed by atoms with van der Waals surface area (Å²) in [5.74, 6) is -0.587. The van der Waals surface area contributed by atoms with E-state index in [-0.39, 0.29) is 0 Å². The minimum Gasteiger partial charge on any atom is -0.394 e. The van der Waals surface area contributed by atoms with E-state index in [9.17, 15) is 25.2 Å². The maximum Gasteiger partial charge on any atom is 0.249 e. The third-order valence-electron chi connectivity index (χ3n) is 8.82. The average Bonchev–Trinajstić information content (AvgIpc) is 2.99. The van der Waals surface area contributed by atoms with Crippen molar-refractivity contribution in [3.05, 3.63) is 0 Å². The Morgan fingerprint density at radius 1 is 0.500 bits per heavy atom. The number of hydrogen-bond acceptors (Lipinski definition) is 5. The summed E-state index contributed by atoms with van der Waals surface area (Å²) < 4.78 is 0. The van der Waals surface area contributed by atoms with Gasteiger partial charge in [0.15, 0.2) is 0 Å². The van der Waals surface area contributed by atoms with Crippen molar-refractivity contribution < 1.29 is 25.2 Å². The molecule has 0 aliphatic carbocycles. The molecule has 6 heteroatoms. The van der Waals surface area contributed by atoms with Crippen molar-refractivity contribution in [2.45, 2.75) is 218 Å². The zero-order valence-corrected chi connectivity index (χ0v) is 28.0. The summed E-state index contributed by atoms with van der Waals surface area (Å²) in [5.41, 5.74) is 0. The Hall–Kier alpha value is -0.690. The summed E-state index contributed by atoms with van der Waals surface area (Å²) in [6.45, 7) is 3.94. The fraction of sp³-hybridized carbons (Fsp3) is 0.972. The van der Waals surface area contributed by atoms with Crippen LogP contribution in [0, 0.1) is 0 Å². The van der Waals surface area contributed by atoms with Gasteiger partial charge in [-0.15, -0.1) is 0 Å². The predicted octanol–water partition coefficient (Wildman–Crippen LogP) is 8.51. The van der Waals surface area contributed by atoms with Crippen molar-refractivity contribution in [1.29, 1.82) is 0 Å². The van der Waals surface area contributed by atoms with Gasteiger partial charge in [-0.3, -0.25) is 4.79 Å². The minimum atomic E-state index is -1.25. The van der Waals surface area contributed by atoms with Gasteiger partial charge in [0.2, 0.25) is 5.91 Å². The molecule has 0 aromatic rings. The Labute approximate surface area is 260 Å². The lowest BCUT2D eigenvalue weighted by molar-refractivity contribution is -0.132. The SMILES string of the molecule is CCCCCCCCCCCCCCCCCCCCCCCC(O)C(=O)NC(CO)C(O)C(O)CCCCCCC. The molecular formula is C36H73NO5. The summed E-state index contributed by atoms with van der Waals surface area (Å²) in [5, 5.41) is 43.0.